The molecule has 0 radical (unpaired) electrons. The maximum absolute atomic E-state index is 13.8. The molecule has 0 saturated carbocycles. The molecule has 3 nitrogen and oxygen atoms in total. The van der Waals surface area contributed by atoms with Gasteiger partial charge in [-0.2, -0.15) is 0 Å². The summed E-state index contributed by atoms with van der Waals surface area (Å²) >= 11 is 4.97. The Kier molecular flexibility index (Phi) is 4.77. The third-order valence-electron chi connectivity index (χ3n) is 2.78. The summed E-state index contributed by atoms with van der Waals surface area (Å²) in [5.74, 6) is -0.889. The van der Waals surface area contributed by atoms with Crippen LogP contribution in [0.25, 0.3) is 0 Å². The van der Waals surface area contributed by atoms with Crippen molar-refractivity contribution in [2.24, 2.45) is 0 Å². The maximum Gasteiger partial charge on any atom is 0.337 e. The summed E-state index contributed by atoms with van der Waals surface area (Å²) in [6.45, 7) is 1.93. The Morgan fingerprint density at radius 2 is 2.15 bits per heavy atom. The highest BCUT2D eigenvalue weighted by molar-refractivity contribution is 9.11. The second-order valence-electron chi connectivity index (χ2n) is 4.19. The highest BCUT2D eigenvalue weighted by Gasteiger charge is 2.13. The van der Waals surface area contributed by atoms with E-state index in [1.54, 1.807) is 11.3 Å². The third kappa shape index (κ3) is 3.37. The Labute approximate surface area is 128 Å². The molecule has 2 aromatic rings. The zero-order chi connectivity index (χ0) is 14.7. The molecule has 0 aliphatic rings. The summed E-state index contributed by atoms with van der Waals surface area (Å²) < 4.78 is 19.4. The normalized spacial score (nSPS) is 12.0. The number of esters is 1. The lowest BCUT2D eigenvalue weighted by atomic mass is 10.1. The van der Waals surface area contributed by atoms with Gasteiger partial charge in [-0.15, -0.1) is 11.3 Å². The van der Waals surface area contributed by atoms with E-state index in [9.17, 15) is 9.18 Å². The van der Waals surface area contributed by atoms with E-state index in [0.29, 0.717) is 5.56 Å². The van der Waals surface area contributed by atoms with Crippen molar-refractivity contribution in [2.45, 2.75) is 13.0 Å². The van der Waals surface area contributed by atoms with E-state index in [-0.39, 0.29) is 11.7 Å². The molecular formula is C14H13BrFNO2S. The molecule has 1 unspecified atom stereocenters. The molecule has 1 aromatic heterocycles. The van der Waals surface area contributed by atoms with Gasteiger partial charge in [0.1, 0.15) is 5.82 Å². The number of anilines is 1. The van der Waals surface area contributed by atoms with Gasteiger partial charge in [0.05, 0.1) is 28.2 Å². The molecule has 1 heterocycles. The number of nitrogens with one attached hydrogen (secondary N) is 1. The van der Waals surface area contributed by atoms with Crippen molar-refractivity contribution >= 4 is 38.9 Å². The maximum atomic E-state index is 13.8. The average Bonchev–Trinajstić information content (AvgIpc) is 2.87. The number of carbonyl (C=O) groups excluding carboxylic acids is 1. The van der Waals surface area contributed by atoms with Gasteiger partial charge in [0.15, 0.2) is 0 Å². The van der Waals surface area contributed by atoms with Crippen LogP contribution < -0.4 is 5.32 Å². The van der Waals surface area contributed by atoms with Crippen molar-refractivity contribution in [1.82, 2.24) is 0 Å². The lowest BCUT2D eigenvalue weighted by Crippen LogP contribution is -2.08. The standard InChI is InChI=1S/C14H13BrFNO2S/c1-8(12-5-6-13(15)20-12)17-11-7-9(14(18)19-2)3-4-10(11)16/h3-8,17H,1-2H3. The van der Waals surface area contributed by atoms with Gasteiger partial charge in [-0.3, -0.25) is 0 Å². The zero-order valence-electron chi connectivity index (χ0n) is 10.9. The van der Waals surface area contributed by atoms with Crippen LogP contribution in [0.15, 0.2) is 34.1 Å². The van der Waals surface area contributed by atoms with Crippen LogP contribution in [0.3, 0.4) is 0 Å². The fourth-order valence-corrected chi connectivity index (χ4v) is 3.17. The van der Waals surface area contributed by atoms with Crippen molar-refractivity contribution < 1.29 is 13.9 Å². The van der Waals surface area contributed by atoms with E-state index < -0.39 is 11.8 Å². The van der Waals surface area contributed by atoms with Crippen molar-refractivity contribution in [2.75, 3.05) is 12.4 Å². The minimum atomic E-state index is -0.487. The van der Waals surface area contributed by atoms with Gasteiger partial charge in [0, 0.05) is 4.88 Å². The number of carbonyl (C=O) groups is 1. The lowest BCUT2D eigenvalue weighted by molar-refractivity contribution is 0.0600. The van der Waals surface area contributed by atoms with E-state index in [4.69, 9.17) is 0 Å². The number of rotatable bonds is 4. The van der Waals surface area contributed by atoms with Crippen LogP contribution in [0.2, 0.25) is 0 Å². The molecule has 20 heavy (non-hydrogen) atoms. The Morgan fingerprint density at radius 1 is 1.40 bits per heavy atom. The number of hydrogen-bond donors (Lipinski definition) is 1. The molecule has 0 fully saturated rings. The summed E-state index contributed by atoms with van der Waals surface area (Å²) in [4.78, 5) is 12.5. The van der Waals surface area contributed by atoms with Crippen molar-refractivity contribution in [3.63, 3.8) is 0 Å². The van der Waals surface area contributed by atoms with Crippen molar-refractivity contribution in [3.05, 3.63) is 50.4 Å². The minimum Gasteiger partial charge on any atom is -0.465 e. The van der Waals surface area contributed by atoms with E-state index in [2.05, 4.69) is 26.0 Å². The van der Waals surface area contributed by atoms with Crippen LogP contribution in [0.1, 0.15) is 28.2 Å². The van der Waals surface area contributed by atoms with Crippen LogP contribution in [0.5, 0.6) is 0 Å². The molecule has 0 aliphatic carbocycles. The zero-order valence-corrected chi connectivity index (χ0v) is 13.3. The van der Waals surface area contributed by atoms with E-state index in [1.807, 2.05) is 19.1 Å². The number of methoxy groups -OCH3 is 1. The van der Waals surface area contributed by atoms with E-state index in [0.717, 1.165) is 8.66 Å². The van der Waals surface area contributed by atoms with E-state index >= 15 is 0 Å². The molecule has 0 saturated heterocycles. The SMILES string of the molecule is COC(=O)c1ccc(F)c(NC(C)c2ccc(Br)s2)c1. The first kappa shape index (κ1) is 15.0. The summed E-state index contributed by atoms with van der Waals surface area (Å²) in [6.07, 6.45) is 0. The number of ether oxygens (including phenoxy) is 1. The molecule has 1 aromatic carbocycles. The van der Waals surface area contributed by atoms with Crippen LogP contribution in [0.4, 0.5) is 10.1 Å². The predicted molar refractivity (Wildman–Crippen MR) is 81.8 cm³/mol. The monoisotopic (exact) mass is 357 g/mol. The van der Waals surface area contributed by atoms with Gasteiger partial charge in [-0.1, -0.05) is 0 Å². The van der Waals surface area contributed by atoms with Gasteiger partial charge in [0.25, 0.3) is 0 Å². The topological polar surface area (TPSA) is 38.3 Å². The number of thiophene rings is 1. The molecule has 0 bridgehead atoms. The molecular weight excluding hydrogens is 345 g/mol. The fourth-order valence-electron chi connectivity index (χ4n) is 1.75. The minimum absolute atomic E-state index is 0.0614. The molecule has 1 atom stereocenters. The summed E-state index contributed by atoms with van der Waals surface area (Å²) in [6, 6.07) is 7.96. The third-order valence-corrected chi connectivity index (χ3v) is 4.59. The summed E-state index contributed by atoms with van der Waals surface area (Å²) in [7, 11) is 1.30. The Hall–Kier alpha value is -1.40. The molecule has 6 heteroatoms. The summed E-state index contributed by atoms with van der Waals surface area (Å²) in [5.41, 5.74) is 0.598. The first-order chi connectivity index (χ1) is 9.51. The lowest BCUT2D eigenvalue weighted by Gasteiger charge is -2.15. The highest BCUT2D eigenvalue weighted by atomic mass is 79.9. The number of halogens is 2. The predicted octanol–water partition coefficient (Wildman–Crippen LogP) is 4.61. The average molecular weight is 358 g/mol. The first-order valence-electron chi connectivity index (χ1n) is 5.91. The Balaban J connectivity index is 2.22. The van der Waals surface area contributed by atoms with Gasteiger partial charge < -0.3 is 10.1 Å². The highest BCUT2D eigenvalue weighted by Crippen LogP contribution is 2.30. The van der Waals surface area contributed by atoms with Crippen LogP contribution in [-0.4, -0.2) is 13.1 Å². The number of benzene rings is 1. The molecule has 1 N–H and O–H groups in total. The molecule has 0 aliphatic heterocycles. The number of hydrogen-bond acceptors (Lipinski definition) is 4. The second kappa shape index (κ2) is 6.37. The Bertz CT molecular complexity index is 629. The van der Waals surface area contributed by atoms with E-state index in [1.165, 1.54) is 25.3 Å². The second-order valence-corrected chi connectivity index (χ2v) is 6.69. The van der Waals surface area contributed by atoms with Crippen LogP contribution in [0, 0.1) is 5.82 Å². The van der Waals surface area contributed by atoms with Gasteiger partial charge in [-0.05, 0) is 53.2 Å². The molecule has 2 rings (SSSR count). The van der Waals surface area contributed by atoms with Gasteiger partial charge in [-0.25, -0.2) is 9.18 Å². The first-order valence-corrected chi connectivity index (χ1v) is 7.52. The largest absolute Gasteiger partial charge is 0.465 e. The van der Waals surface area contributed by atoms with Crippen molar-refractivity contribution in [1.29, 1.82) is 0 Å². The van der Waals surface area contributed by atoms with Gasteiger partial charge >= 0.3 is 5.97 Å². The molecule has 106 valence electrons. The quantitative estimate of drug-likeness (QED) is 0.812. The van der Waals surface area contributed by atoms with Crippen LogP contribution in [-0.2, 0) is 4.74 Å². The summed E-state index contributed by atoms with van der Waals surface area (Å²) in [5, 5.41) is 3.07. The fraction of sp³-hybridized carbons (Fsp3) is 0.214. The van der Waals surface area contributed by atoms with Crippen LogP contribution >= 0.6 is 27.3 Å². The Morgan fingerprint density at radius 3 is 2.75 bits per heavy atom. The smallest absolute Gasteiger partial charge is 0.337 e. The molecule has 0 amide bonds. The van der Waals surface area contributed by atoms with Gasteiger partial charge in [0.2, 0.25) is 0 Å². The molecule has 0 spiro atoms. The van der Waals surface area contributed by atoms with Crippen molar-refractivity contribution in [3.8, 4) is 0 Å².